The van der Waals surface area contributed by atoms with Crippen molar-refractivity contribution in [3.05, 3.63) is 35.4 Å². The van der Waals surface area contributed by atoms with Gasteiger partial charge in [-0.25, -0.2) is 9.59 Å². The Bertz CT molecular complexity index is 504. The Morgan fingerprint density at radius 3 is 0.767 bits per heavy atom. The summed E-state index contributed by atoms with van der Waals surface area (Å²) >= 11 is 0. The van der Waals surface area contributed by atoms with E-state index in [0.717, 1.165) is 0 Å². The molecule has 0 aromatic heterocycles. The Kier molecular flexibility index (Phi) is 16.0. The predicted octanol–water partition coefficient (Wildman–Crippen LogP) is 4.85. The zero-order chi connectivity index (χ0) is 23.8. The van der Waals surface area contributed by atoms with Gasteiger partial charge in [-0.2, -0.15) is 0 Å². The molecule has 1 aromatic carbocycles. The number of carboxylic acids is 2. The van der Waals surface area contributed by atoms with Gasteiger partial charge in [0.2, 0.25) is 0 Å². The summed E-state index contributed by atoms with van der Waals surface area (Å²) in [5.41, 5.74) is 0.167. The van der Waals surface area contributed by atoms with Gasteiger partial charge >= 0.3 is 11.9 Å². The molecule has 0 heterocycles. The number of rotatable bonds is 10. The predicted molar refractivity (Wildman–Crippen MR) is 125 cm³/mol. The van der Waals surface area contributed by atoms with E-state index in [1.54, 1.807) is 0 Å². The van der Waals surface area contributed by atoms with Crippen LogP contribution in [0.1, 0.15) is 76.1 Å². The van der Waals surface area contributed by atoms with Crippen molar-refractivity contribution < 1.29 is 28.8 Å². The molecule has 0 aliphatic carbocycles. The van der Waals surface area contributed by atoms with E-state index in [9.17, 15) is 9.59 Å². The summed E-state index contributed by atoms with van der Waals surface area (Å²) in [6.45, 7) is 28.4. The summed E-state index contributed by atoms with van der Waals surface area (Å²) in [7, 11) is 0. The standard InChI is InChI=1S/2C8H20N.C8H6O4/c2*1-5-9(6-2,7-3)8-4;9-7(10)5-1-2-6(4-3-5)8(11)12/h2*5-8H2,1-4H3;1-4H,(H,9,10)(H,11,12)/q2*+1;. The average molecular weight is 427 g/mol. The molecule has 6 nitrogen and oxygen atoms in total. The van der Waals surface area contributed by atoms with E-state index in [4.69, 9.17) is 10.2 Å². The third-order valence-corrected chi connectivity index (χ3v) is 6.75. The summed E-state index contributed by atoms with van der Waals surface area (Å²) in [6.07, 6.45) is 0. The summed E-state index contributed by atoms with van der Waals surface area (Å²) in [5, 5.41) is 16.9. The number of carbonyl (C=O) groups is 2. The molecule has 0 amide bonds. The summed E-state index contributed by atoms with van der Waals surface area (Å²) < 4.78 is 2.56. The Morgan fingerprint density at radius 1 is 0.533 bits per heavy atom. The van der Waals surface area contributed by atoms with Crippen LogP contribution in [-0.4, -0.2) is 83.5 Å². The van der Waals surface area contributed by atoms with Crippen LogP contribution in [0.2, 0.25) is 0 Å². The zero-order valence-corrected chi connectivity index (χ0v) is 20.6. The lowest BCUT2D eigenvalue weighted by Gasteiger charge is -2.34. The van der Waals surface area contributed by atoms with Crippen LogP contribution in [0.5, 0.6) is 0 Å². The third-order valence-electron chi connectivity index (χ3n) is 6.75. The zero-order valence-electron chi connectivity index (χ0n) is 20.6. The molecular formula is C24H46N2O4+2. The maximum absolute atomic E-state index is 10.3. The number of carboxylic acid groups (broad SMARTS) is 2. The summed E-state index contributed by atoms with van der Waals surface area (Å²) in [6, 6.07) is 5.02. The minimum atomic E-state index is -1.06. The topological polar surface area (TPSA) is 74.6 Å². The van der Waals surface area contributed by atoms with Gasteiger partial charge in [-0.05, 0) is 79.7 Å². The molecule has 0 radical (unpaired) electrons. The maximum atomic E-state index is 10.3. The van der Waals surface area contributed by atoms with Crippen LogP contribution in [0.15, 0.2) is 24.3 Å². The second kappa shape index (κ2) is 15.9. The molecule has 6 heteroatoms. The molecule has 2 N–H and O–H groups in total. The molecule has 0 atom stereocenters. The van der Waals surface area contributed by atoms with Crippen LogP contribution in [-0.2, 0) is 0 Å². The smallest absolute Gasteiger partial charge is 0.335 e. The van der Waals surface area contributed by atoms with E-state index < -0.39 is 11.9 Å². The van der Waals surface area contributed by atoms with E-state index in [-0.39, 0.29) is 11.1 Å². The quantitative estimate of drug-likeness (QED) is 0.525. The van der Waals surface area contributed by atoms with Crippen molar-refractivity contribution in [2.24, 2.45) is 0 Å². The van der Waals surface area contributed by atoms with E-state index in [1.807, 2.05) is 0 Å². The first-order valence-electron chi connectivity index (χ1n) is 11.4. The van der Waals surface area contributed by atoms with Crippen LogP contribution in [0.3, 0.4) is 0 Å². The van der Waals surface area contributed by atoms with Crippen LogP contribution in [0.4, 0.5) is 0 Å². The highest BCUT2D eigenvalue weighted by Crippen LogP contribution is 2.05. The van der Waals surface area contributed by atoms with E-state index in [0.29, 0.717) is 0 Å². The van der Waals surface area contributed by atoms with Crippen molar-refractivity contribution in [2.75, 3.05) is 52.4 Å². The van der Waals surface area contributed by atoms with Crippen LogP contribution in [0, 0.1) is 0 Å². The van der Waals surface area contributed by atoms with Gasteiger partial charge in [-0.1, -0.05) is 0 Å². The first-order chi connectivity index (χ1) is 14.1. The molecule has 30 heavy (non-hydrogen) atoms. The Hall–Kier alpha value is -1.92. The number of hydrogen-bond acceptors (Lipinski definition) is 2. The molecule has 0 bridgehead atoms. The largest absolute Gasteiger partial charge is 0.478 e. The molecule has 0 aliphatic heterocycles. The van der Waals surface area contributed by atoms with E-state index >= 15 is 0 Å². The lowest BCUT2D eigenvalue weighted by Crippen LogP contribution is -2.47. The van der Waals surface area contributed by atoms with Gasteiger partial charge in [-0.15, -0.1) is 0 Å². The van der Waals surface area contributed by atoms with Gasteiger partial charge in [-0.3, -0.25) is 0 Å². The van der Waals surface area contributed by atoms with E-state index in [1.165, 1.54) is 85.6 Å². The number of benzene rings is 1. The van der Waals surface area contributed by atoms with E-state index in [2.05, 4.69) is 55.4 Å². The fraction of sp³-hybridized carbons (Fsp3) is 0.667. The molecule has 0 unspecified atom stereocenters. The second-order valence-electron chi connectivity index (χ2n) is 7.40. The molecule has 1 rings (SSSR count). The molecule has 0 saturated carbocycles. The van der Waals surface area contributed by atoms with Crippen LogP contribution < -0.4 is 0 Å². The second-order valence-corrected chi connectivity index (χ2v) is 7.40. The number of hydrogen-bond donors (Lipinski definition) is 2. The van der Waals surface area contributed by atoms with Crippen molar-refractivity contribution in [2.45, 2.75) is 55.4 Å². The third kappa shape index (κ3) is 10.2. The van der Waals surface area contributed by atoms with Crippen molar-refractivity contribution in [3.63, 3.8) is 0 Å². The molecule has 0 aliphatic rings. The number of nitrogens with zero attached hydrogens (tertiary/aromatic N) is 2. The highest BCUT2D eigenvalue weighted by atomic mass is 16.4. The molecule has 174 valence electrons. The number of quaternary nitrogens is 2. The average Bonchev–Trinajstić information content (AvgIpc) is 2.79. The fourth-order valence-electron chi connectivity index (χ4n) is 3.44. The Morgan fingerprint density at radius 2 is 0.700 bits per heavy atom. The van der Waals surface area contributed by atoms with Gasteiger partial charge in [0.15, 0.2) is 0 Å². The SMILES string of the molecule is CC[N+](CC)(CC)CC.CC[N+](CC)(CC)CC.O=C(O)c1ccc(C(=O)O)cc1. The van der Waals surface area contributed by atoms with Crippen molar-refractivity contribution in [1.82, 2.24) is 0 Å². The first kappa shape index (κ1) is 30.3. The highest BCUT2D eigenvalue weighted by Gasteiger charge is 2.17. The minimum absolute atomic E-state index is 0.0833. The molecule has 1 aromatic rings. The molecular weight excluding hydrogens is 380 g/mol. The van der Waals surface area contributed by atoms with Crippen LogP contribution >= 0.6 is 0 Å². The maximum Gasteiger partial charge on any atom is 0.335 e. The molecule has 0 fully saturated rings. The summed E-state index contributed by atoms with van der Waals surface area (Å²) in [5.74, 6) is -2.13. The van der Waals surface area contributed by atoms with Crippen molar-refractivity contribution >= 4 is 11.9 Å². The normalized spacial score (nSPS) is 10.9. The van der Waals surface area contributed by atoms with Crippen molar-refractivity contribution in [1.29, 1.82) is 0 Å². The lowest BCUT2D eigenvalue weighted by atomic mass is 10.1. The highest BCUT2D eigenvalue weighted by molar-refractivity contribution is 5.91. The first-order valence-corrected chi connectivity index (χ1v) is 11.4. The number of aromatic carboxylic acids is 2. The van der Waals surface area contributed by atoms with Gasteiger partial charge in [0.25, 0.3) is 0 Å². The Balaban J connectivity index is 0. The fourth-order valence-corrected chi connectivity index (χ4v) is 3.44. The molecule has 0 saturated heterocycles. The molecule has 0 spiro atoms. The van der Waals surface area contributed by atoms with Gasteiger partial charge < -0.3 is 19.2 Å². The monoisotopic (exact) mass is 426 g/mol. The van der Waals surface area contributed by atoms with Gasteiger partial charge in [0.1, 0.15) is 0 Å². The lowest BCUT2D eigenvalue weighted by molar-refractivity contribution is -0.921. The Labute approximate surface area is 184 Å². The summed E-state index contributed by atoms with van der Waals surface area (Å²) in [4.78, 5) is 20.7. The van der Waals surface area contributed by atoms with Gasteiger partial charge in [0.05, 0.1) is 63.5 Å². The van der Waals surface area contributed by atoms with Crippen LogP contribution in [0.25, 0.3) is 0 Å². The van der Waals surface area contributed by atoms with Crippen molar-refractivity contribution in [3.8, 4) is 0 Å². The minimum Gasteiger partial charge on any atom is -0.478 e. The van der Waals surface area contributed by atoms with Gasteiger partial charge in [0, 0.05) is 0 Å².